The number of methoxy groups -OCH3 is 1. The average molecular weight is 244 g/mol. The van der Waals surface area contributed by atoms with Gasteiger partial charge in [0.1, 0.15) is 17.3 Å². The molecule has 1 aliphatic rings. The molecule has 0 aliphatic carbocycles. The van der Waals surface area contributed by atoms with Gasteiger partial charge in [-0.1, -0.05) is 18.2 Å². The predicted octanol–water partition coefficient (Wildman–Crippen LogP) is 2.32. The van der Waals surface area contributed by atoms with Gasteiger partial charge in [-0.2, -0.15) is 0 Å². The molecule has 0 radical (unpaired) electrons. The molecule has 0 spiro atoms. The number of nitrogens with zero attached hydrogens (tertiary/aromatic N) is 2. The van der Waals surface area contributed by atoms with Crippen molar-refractivity contribution in [2.75, 3.05) is 13.7 Å². The van der Waals surface area contributed by atoms with E-state index in [1.807, 2.05) is 38.1 Å². The van der Waals surface area contributed by atoms with Crippen molar-refractivity contribution in [2.24, 2.45) is 4.99 Å². The fraction of sp³-hybridized carbons (Fsp3) is 0.286. The first kappa shape index (κ1) is 12.4. The SMILES string of the molecule is CCN1C(=O)/C(=C/c2ccccc2OC)N=C1C. The Labute approximate surface area is 107 Å². The molecule has 1 aromatic carbocycles. The van der Waals surface area contributed by atoms with Crippen molar-refractivity contribution in [3.8, 4) is 5.75 Å². The van der Waals surface area contributed by atoms with E-state index < -0.39 is 0 Å². The molecule has 0 saturated carbocycles. The normalized spacial score (nSPS) is 17.3. The molecule has 0 unspecified atom stereocenters. The maximum Gasteiger partial charge on any atom is 0.277 e. The van der Waals surface area contributed by atoms with Crippen molar-refractivity contribution in [1.82, 2.24) is 4.90 Å². The zero-order chi connectivity index (χ0) is 13.1. The molecule has 1 amide bonds. The van der Waals surface area contributed by atoms with Crippen LogP contribution in [0, 0.1) is 0 Å². The van der Waals surface area contributed by atoms with Gasteiger partial charge >= 0.3 is 0 Å². The first-order chi connectivity index (χ1) is 8.67. The lowest BCUT2D eigenvalue weighted by Gasteiger charge is -2.11. The molecule has 1 aromatic rings. The first-order valence-corrected chi connectivity index (χ1v) is 5.89. The topological polar surface area (TPSA) is 41.9 Å². The van der Waals surface area contributed by atoms with Crippen molar-refractivity contribution in [1.29, 1.82) is 0 Å². The Bertz CT molecular complexity index is 532. The van der Waals surface area contributed by atoms with Gasteiger partial charge in [0.25, 0.3) is 5.91 Å². The van der Waals surface area contributed by atoms with Crippen LogP contribution in [0.2, 0.25) is 0 Å². The maximum absolute atomic E-state index is 12.1. The molecule has 1 heterocycles. The van der Waals surface area contributed by atoms with E-state index in [9.17, 15) is 4.79 Å². The second-order valence-corrected chi connectivity index (χ2v) is 3.98. The lowest BCUT2D eigenvalue weighted by molar-refractivity contribution is -0.122. The van der Waals surface area contributed by atoms with E-state index in [1.54, 1.807) is 18.1 Å². The average Bonchev–Trinajstić information content (AvgIpc) is 2.65. The zero-order valence-electron chi connectivity index (χ0n) is 10.8. The lowest BCUT2D eigenvalue weighted by Crippen LogP contribution is -2.29. The number of ether oxygens (including phenoxy) is 1. The third kappa shape index (κ3) is 2.14. The second-order valence-electron chi connectivity index (χ2n) is 3.98. The van der Waals surface area contributed by atoms with Gasteiger partial charge in [-0.3, -0.25) is 9.69 Å². The van der Waals surface area contributed by atoms with Crippen LogP contribution in [0.25, 0.3) is 6.08 Å². The molecule has 94 valence electrons. The summed E-state index contributed by atoms with van der Waals surface area (Å²) >= 11 is 0. The predicted molar refractivity (Wildman–Crippen MR) is 71.5 cm³/mol. The summed E-state index contributed by atoms with van der Waals surface area (Å²) in [6.07, 6.45) is 1.76. The van der Waals surface area contributed by atoms with Gasteiger partial charge in [0.05, 0.1) is 7.11 Å². The van der Waals surface area contributed by atoms with Crippen LogP contribution < -0.4 is 4.74 Å². The van der Waals surface area contributed by atoms with Gasteiger partial charge in [0.2, 0.25) is 0 Å². The number of aliphatic imine (C=N–C) groups is 1. The fourth-order valence-corrected chi connectivity index (χ4v) is 1.97. The molecule has 0 fully saturated rings. The summed E-state index contributed by atoms with van der Waals surface area (Å²) in [6, 6.07) is 7.56. The summed E-state index contributed by atoms with van der Waals surface area (Å²) in [5.74, 6) is 1.42. The summed E-state index contributed by atoms with van der Waals surface area (Å²) < 4.78 is 5.25. The Morgan fingerprint density at radius 2 is 2.11 bits per heavy atom. The molecular weight excluding hydrogens is 228 g/mol. The molecule has 2 rings (SSSR count). The number of carbonyl (C=O) groups is 1. The maximum atomic E-state index is 12.1. The monoisotopic (exact) mass is 244 g/mol. The van der Waals surface area contributed by atoms with Crippen LogP contribution in [-0.4, -0.2) is 30.3 Å². The third-order valence-electron chi connectivity index (χ3n) is 2.88. The number of likely N-dealkylation sites (N-methyl/N-ethyl adjacent to an activating group) is 1. The zero-order valence-corrected chi connectivity index (χ0v) is 10.8. The third-order valence-corrected chi connectivity index (χ3v) is 2.88. The number of amidine groups is 1. The Kier molecular flexibility index (Phi) is 3.46. The molecule has 4 nitrogen and oxygen atoms in total. The highest BCUT2D eigenvalue weighted by Gasteiger charge is 2.25. The minimum atomic E-state index is -0.0547. The van der Waals surface area contributed by atoms with Crippen molar-refractivity contribution in [3.05, 3.63) is 35.5 Å². The molecular formula is C14H16N2O2. The van der Waals surface area contributed by atoms with Crippen LogP contribution in [0.5, 0.6) is 5.75 Å². The number of benzene rings is 1. The summed E-state index contributed by atoms with van der Waals surface area (Å²) in [4.78, 5) is 18.0. The smallest absolute Gasteiger partial charge is 0.277 e. The van der Waals surface area contributed by atoms with E-state index in [0.29, 0.717) is 12.2 Å². The number of rotatable bonds is 3. The Morgan fingerprint density at radius 1 is 1.39 bits per heavy atom. The number of hydrogen-bond acceptors (Lipinski definition) is 3. The van der Waals surface area contributed by atoms with Crippen LogP contribution in [-0.2, 0) is 4.79 Å². The van der Waals surface area contributed by atoms with Crippen LogP contribution in [0.15, 0.2) is 35.0 Å². The van der Waals surface area contributed by atoms with Crippen LogP contribution in [0.1, 0.15) is 19.4 Å². The van der Waals surface area contributed by atoms with Crippen molar-refractivity contribution in [3.63, 3.8) is 0 Å². The summed E-state index contributed by atoms with van der Waals surface area (Å²) in [5, 5.41) is 0. The highest BCUT2D eigenvalue weighted by atomic mass is 16.5. The number of hydrogen-bond donors (Lipinski definition) is 0. The fourth-order valence-electron chi connectivity index (χ4n) is 1.97. The molecule has 0 N–H and O–H groups in total. The molecule has 0 bridgehead atoms. The van der Waals surface area contributed by atoms with E-state index in [2.05, 4.69) is 4.99 Å². The van der Waals surface area contributed by atoms with Crippen molar-refractivity contribution < 1.29 is 9.53 Å². The number of amides is 1. The Hall–Kier alpha value is -2.10. The molecule has 18 heavy (non-hydrogen) atoms. The van der Waals surface area contributed by atoms with Gasteiger partial charge in [-0.05, 0) is 26.0 Å². The van der Waals surface area contributed by atoms with E-state index >= 15 is 0 Å². The largest absolute Gasteiger partial charge is 0.496 e. The van der Waals surface area contributed by atoms with Gasteiger partial charge < -0.3 is 4.74 Å². The molecule has 0 saturated heterocycles. The van der Waals surface area contributed by atoms with Crippen LogP contribution >= 0.6 is 0 Å². The van der Waals surface area contributed by atoms with Crippen molar-refractivity contribution in [2.45, 2.75) is 13.8 Å². The Balaban J connectivity index is 2.38. The molecule has 4 heteroatoms. The first-order valence-electron chi connectivity index (χ1n) is 5.89. The summed E-state index contributed by atoms with van der Waals surface area (Å²) in [6.45, 7) is 4.41. The van der Waals surface area contributed by atoms with Gasteiger partial charge in [0.15, 0.2) is 0 Å². The number of carbonyl (C=O) groups excluding carboxylic acids is 1. The quantitative estimate of drug-likeness (QED) is 0.766. The summed E-state index contributed by atoms with van der Waals surface area (Å²) in [5.41, 5.74) is 1.32. The number of para-hydroxylation sites is 1. The molecule has 1 aliphatic heterocycles. The van der Waals surface area contributed by atoms with E-state index in [4.69, 9.17) is 4.74 Å². The highest BCUT2D eigenvalue weighted by molar-refractivity contribution is 6.13. The summed E-state index contributed by atoms with van der Waals surface area (Å²) in [7, 11) is 1.61. The van der Waals surface area contributed by atoms with Crippen molar-refractivity contribution >= 4 is 17.8 Å². The molecule has 0 aromatic heterocycles. The van der Waals surface area contributed by atoms with Crippen LogP contribution in [0.3, 0.4) is 0 Å². The van der Waals surface area contributed by atoms with E-state index in [-0.39, 0.29) is 5.91 Å². The van der Waals surface area contributed by atoms with Crippen LogP contribution in [0.4, 0.5) is 0 Å². The standard InChI is InChI=1S/C14H16N2O2/c1-4-16-10(2)15-12(14(16)17)9-11-7-5-6-8-13(11)18-3/h5-9H,4H2,1-3H3/b12-9-. The van der Waals surface area contributed by atoms with Gasteiger partial charge in [-0.15, -0.1) is 0 Å². The minimum absolute atomic E-state index is 0.0547. The Morgan fingerprint density at radius 3 is 2.72 bits per heavy atom. The van der Waals surface area contributed by atoms with Gasteiger partial charge in [-0.25, -0.2) is 4.99 Å². The van der Waals surface area contributed by atoms with E-state index in [0.717, 1.165) is 17.1 Å². The highest BCUT2D eigenvalue weighted by Crippen LogP contribution is 2.23. The minimum Gasteiger partial charge on any atom is -0.496 e. The van der Waals surface area contributed by atoms with Gasteiger partial charge in [0, 0.05) is 12.1 Å². The lowest BCUT2D eigenvalue weighted by atomic mass is 10.1. The molecule has 0 atom stereocenters. The van der Waals surface area contributed by atoms with E-state index in [1.165, 1.54) is 0 Å². The second kappa shape index (κ2) is 5.04.